The first-order valence-corrected chi connectivity index (χ1v) is 5.33. The van der Waals surface area contributed by atoms with Crippen molar-refractivity contribution in [3.63, 3.8) is 0 Å². The quantitative estimate of drug-likeness (QED) is 0.595. The van der Waals surface area contributed by atoms with E-state index in [4.69, 9.17) is 5.11 Å². The second-order valence-corrected chi connectivity index (χ2v) is 4.45. The number of carbonyl (C=O) groups excluding carboxylic acids is 1. The lowest BCUT2D eigenvalue weighted by Crippen LogP contribution is -2.39. The van der Waals surface area contributed by atoms with Gasteiger partial charge in [0.15, 0.2) is 0 Å². The molecule has 0 rings (SSSR count). The highest BCUT2D eigenvalue weighted by Gasteiger charge is 2.31. The molecule has 15 heavy (non-hydrogen) atoms. The van der Waals surface area contributed by atoms with Gasteiger partial charge in [-0.1, -0.05) is 27.7 Å². The Hall–Kier alpha value is -0.450. The largest absolute Gasteiger partial charge is 0.394 e. The van der Waals surface area contributed by atoms with Crippen LogP contribution in [0.25, 0.3) is 0 Å². The Kier molecular flexibility index (Phi) is 6.02. The Morgan fingerprint density at radius 1 is 1.13 bits per heavy atom. The van der Waals surface area contributed by atoms with Crippen molar-refractivity contribution in [1.29, 1.82) is 0 Å². The summed E-state index contributed by atoms with van der Waals surface area (Å²) in [7, 11) is 0. The van der Waals surface area contributed by atoms with Gasteiger partial charge < -0.3 is 15.3 Å². The van der Waals surface area contributed by atoms with Gasteiger partial charge in [-0.25, -0.2) is 0 Å². The molecule has 0 spiro atoms. The molecule has 0 heterocycles. The SMILES string of the molecule is CC(C)C(=O)C(C)C(O)C(C)C(O)CO. The van der Waals surface area contributed by atoms with Gasteiger partial charge in [0.2, 0.25) is 0 Å². The van der Waals surface area contributed by atoms with Crippen LogP contribution in [0.3, 0.4) is 0 Å². The van der Waals surface area contributed by atoms with Gasteiger partial charge in [-0.3, -0.25) is 4.79 Å². The number of rotatable bonds is 6. The highest BCUT2D eigenvalue weighted by atomic mass is 16.3. The molecule has 0 radical (unpaired) electrons. The van der Waals surface area contributed by atoms with Crippen molar-refractivity contribution in [1.82, 2.24) is 0 Å². The van der Waals surface area contributed by atoms with Gasteiger partial charge in [0.25, 0.3) is 0 Å². The highest BCUT2D eigenvalue weighted by molar-refractivity contribution is 5.83. The molecule has 0 fully saturated rings. The Morgan fingerprint density at radius 2 is 1.60 bits per heavy atom. The topological polar surface area (TPSA) is 77.8 Å². The molecule has 4 nitrogen and oxygen atoms in total. The first-order chi connectivity index (χ1) is 6.82. The standard InChI is InChI=1S/C11H22O4/c1-6(2)10(14)8(4)11(15)7(3)9(13)5-12/h6-9,11-13,15H,5H2,1-4H3. The monoisotopic (exact) mass is 218 g/mol. The first kappa shape index (κ1) is 14.6. The lowest BCUT2D eigenvalue weighted by molar-refractivity contribution is -0.131. The Labute approximate surface area is 90.9 Å². The summed E-state index contributed by atoms with van der Waals surface area (Å²) in [5, 5.41) is 27.9. The number of hydrogen-bond acceptors (Lipinski definition) is 4. The van der Waals surface area contributed by atoms with Gasteiger partial charge in [-0.15, -0.1) is 0 Å². The molecule has 0 aromatic carbocycles. The molecule has 0 saturated carbocycles. The van der Waals surface area contributed by atoms with E-state index in [0.29, 0.717) is 0 Å². The Morgan fingerprint density at radius 3 is 1.93 bits per heavy atom. The summed E-state index contributed by atoms with van der Waals surface area (Å²) in [5.41, 5.74) is 0. The van der Waals surface area contributed by atoms with Gasteiger partial charge in [0, 0.05) is 17.8 Å². The fourth-order valence-corrected chi connectivity index (χ4v) is 1.54. The molecule has 4 atom stereocenters. The molecule has 0 aliphatic rings. The van der Waals surface area contributed by atoms with Crippen LogP contribution in [-0.4, -0.2) is 39.9 Å². The van der Waals surface area contributed by atoms with Crippen LogP contribution in [0.1, 0.15) is 27.7 Å². The van der Waals surface area contributed by atoms with Crippen LogP contribution in [0.4, 0.5) is 0 Å². The molecule has 4 heteroatoms. The van der Waals surface area contributed by atoms with Gasteiger partial charge in [-0.2, -0.15) is 0 Å². The van der Waals surface area contributed by atoms with Crippen molar-refractivity contribution in [2.75, 3.05) is 6.61 Å². The normalized spacial score (nSPS) is 19.7. The van der Waals surface area contributed by atoms with Crippen molar-refractivity contribution < 1.29 is 20.1 Å². The number of aliphatic hydroxyl groups excluding tert-OH is 3. The molecule has 0 aromatic rings. The smallest absolute Gasteiger partial charge is 0.140 e. The predicted molar refractivity (Wildman–Crippen MR) is 57.3 cm³/mol. The van der Waals surface area contributed by atoms with Crippen LogP contribution in [0.15, 0.2) is 0 Å². The molecule has 4 unspecified atom stereocenters. The second kappa shape index (κ2) is 6.20. The maximum Gasteiger partial charge on any atom is 0.140 e. The molecule has 0 saturated heterocycles. The van der Waals surface area contributed by atoms with Crippen LogP contribution in [0.2, 0.25) is 0 Å². The molecule has 0 aromatic heterocycles. The molecule has 0 amide bonds. The zero-order chi connectivity index (χ0) is 12.2. The Bertz CT molecular complexity index is 203. The molecule has 3 N–H and O–H groups in total. The van der Waals surface area contributed by atoms with E-state index in [9.17, 15) is 15.0 Å². The third kappa shape index (κ3) is 3.89. The van der Waals surface area contributed by atoms with E-state index >= 15 is 0 Å². The predicted octanol–water partition coefficient (Wildman–Crippen LogP) is 0.198. The summed E-state index contributed by atoms with van der Waals surface area (Å²) in [6.07, 6.45) is -1.90. The van der Waals surface area contributed by atoms with Crippen molar-refractivity contribution in [3.8, 4) is 0 Å². The van der Waals surface area contributed by atoms with E-state index in [1.165, 1.54) is 0 Å². The van der Waals surface area contributed by atoms with E-state index in [1.807, 2.05) is 0 Å². The van der Waals surface area contributed by atoms with Crippen LogP contribution < -0.4 is 0 Å². The fourth-order valence-electron chi connectivity index (χ4n) is 1.54. The van der Waals surface area contributed by atoms with E-state index in [0.717, 1.165) is 0 Å². The van der Waals surface area contributed by atoms with Crippen molar-refractivity contribution in [2.24, 2.45) is 17.8 Å². The minimum atomic E-state index is -0.984. The molecule has 0 aliphatic heterocycles. The molecular formula is C11H22O4. The van der Waals surface area contributed by atoms with Crippen LogP contribution in [0.5, 0.6) is 0 Å². The number of Topliss-reactive ketones (excluding diaryl/α,β-unsaturated/α-hetero) is 1. The van der Waals surface area contributed by atoms with E-state index in [1.54, 1.807) is 27.7 Å². The highest BCUT2D eigenvalue weighted by Crippen LogP contribution is 2.19. The Balaban J connectivity index is 4.43. The molecule has 90 valence electrons. The van der Waals surface area contributed by atoms with Crippen molar-refractivity contribution in [3.05, 3.63) is 0 Å². The summed E-state index contributed by atoms with van der Waals surface area (Å²) >= 11 is 0. The van der Waals surface area contributed by atoms with Gasteiger partial charge in [-0.05, 0) is 0 Å². The third-order valence-electron chi connectivity index (χ3n) is 2.86. The average molecular weight is 218 g/mol. The zero-order valence-electron chi connectivity index (χ0n) is 9.84. The van der Waals surface area contributed by atoms with Crippen molar-refractivity contribution >= 4 is 5.78 Å². The molecular weight excluding hydrogens is 196 g/mol. The lowest BCUT2D eigenvalue weighted by Gasteiger charge is -2.27. The minimum absolute atomic E-state index is 0.0283. The van der Waals surface area contributed by atoms with Gasteiger partial charge in [0.1, 0.15) is 5.78 Å². The van der Waals surface area contributed by atoms with Gasteiger partial charge >= 0.3 is 0 Å². The van der Waals surface area contributed by atoms with Gasteiger partial charge in [0.05, 0.1) is 18.8 Å². The maximum absolute atomic E-state index is 11.6. The summed E-state index contributed by atoms with van der Waals surface area (Å²) in [6, 6.07) is 0. The molecule has 0 bridgehead atoms. The van der Waals surface area contributed by atoms with Crippen LogP contribution in [-0.2, 0) is 4.79 Å². The molecule has 0 aliphatic carbocycles. The average Bonchev–Trinajstić information content (AvgIpc) is 2.23. The number of carbonyl (C=O) groups is 1. The van der Waals surface area contributed by atoms with Crippen LogP contribution in [0, 0.1) is 17.8 Å². The maximum atomic E-state index is 11.6. The minimum Gasteiger partial charge on any atom is -0.394 e. The summed E-state index contributed by atoms with van der Waals surface area (Å²) in [4.78, 5) is 11.6. The number of hydrogen-bond donors (Lipinski definition) is 3. The number of aliphatic hydroxyl groups is 3. The first-order valence-electron chi connectivity index (χ1n) is 5.33. The number of ketones is 1. The summed E-state index contributed by atoms with van der Waals surface area (Å²) in [6.45, 7) is 6.42. The second-order valence-electron chi connectivity index (χ2n) is 4.45. The summed E-state index contributed by atoms with van der Waals surface area (Å²) in [5.74, 6) is -1.18. The van der Waals surface area contributed by atoms with E-state index in [2.05, 4.69) is 0 Å². The van der Waals surface area contributed by atoms with E-state index < -0.39 is 30.7 Å². The van der Waals surface area contributed by atoms with Crippen LogP contribution >= 0.6 is 0 Å². The van der Waals surface area contributed by atoms with E-state index in [-0.39, 0.29) is 11.7 Å². The van der Waals surface area contributed by atoms with Crippen molar-refractivity contribution in [2.45, 2.75) is 39.9 Å². The summed E-state index contributed by atoms with van der Waals surface area (Å²) < 4.78 is 0. The lowest BCUT2D eigenvalue weighted by atomic mass is 9.84. The third-order valence-corrected chi connectivity index (χ3v) is 2.86. The zero-order valence-corrected chi connectivity index (χ0v) is 9.84. The fraction of sp³-hybridized carbons (Fsp3) is 0.909.